The van der Waals surface area contributed by atoms with Crippen LogP contribution >= 0.6 is 12.2 Å². The van der Waals surface area contributed by atoms with E-state index in [1.807, 2.05) is 57.4 Å². The average Bonchev–Trinajstić information content (AvgIpc) is 2.64. The normalized spacial score (nSPS) is 11.0. The van der Waals surface area contributed by atoms with Crippen LogP contribution in [0.2, 0.25) is 0 Å². The number of nitrogens with one attached hydrogen (secondary N) is 2. The van der Waals surface area contributed by atoms with Gasteiger partial charge in [-0.3, -0.25) is 5.43 Å². The summed E-state index contributed by atoms with van der Waals surface area (Å²) in [5.74, 6) is 0.838. The minimum Gasteiger partial charge on any atom is -0.497 e. The largest absolute Gasteiger partial charge is 0.497 e. The molecule has 0 aliphatic rings. The number of ether oxygens (including phenoxy) is 1. The molecule has 2 rings (SSSR count). The van der Waals surface area contributed by atoms with Gasteiger partial charge >= 0.3 is 0 Å². The van der Waals surface area contributed by atoms with Crippen LogP contribution in [-0.2, 0) is 6.54 Å². The van der Waals surface area contributed by atoms with E-state index < -0.39 is 0 Å². The van der Waals surface area contributed by atoms with E-state index in [-0.39, 0.29) is 0 Å². The van der Waals surface area contributed by atoms with E-state index in [0.29, 0.717) is 11.7 Å². The Morgan fingerprint density at radius 2 is 1.72 bits per heavy atom. The van der Waals surface area contributed by atoms with Crippen molar-refractivity contribution in [1.29, 1.82) is 0 Å². The van der Waals surface area contributed by atoms with Crippen LogP contribution < -0.4 is 20.4 Å². The quantitative estimate of drug-likeness (QED) is 0.473. The van der Waals surface area contributed by atoms with E-state index in [2.05, 4.69) is 32.9 Å². The fourth-order valence-electron chi connectivity index (χ4n) is 2.17. The minimum atomic E-state index is 0.486. The number of thiocarbonyl (C=S) groups is 1. The monoisotopic (exact) mass is 356 g/mol. The fourth-order valence-corrected chi connectivity index (χ4v) is 2.28. The van der Waals surface area contributed by atoms with Gasteiger partial charge in [0.25, 0.3) is 0 Å². The highest BCUT2D eigenvalue weighted by Crippen LogP contribution is 2.13. The second-order valence-corrected chi connectivity index (χ2v) is 6.19. The first-order valence-electron chi connectivity index (χ1n) is 7.98. The number of nitrogens with zero attached hydrogens (tertiary/aromatic N) is 2. The molecule has 132 valence electrons. The summed E-state index contributed by atoms with van der Waals surface area (Å²) in [7, 11) is 5.69. The second kappa shape index (κ2) is 9.03. The molecule has 0 aliphatic heterocycles. The molecule has 2 N–H and O–H groups in total. The molecule has 0 saturated carbocycles. The van der Waals surface area contributed by atoms with Crippen molar-refractivity contribution in [2.45, 2.75) is 13.5 Å². The third-order valence-corrected chi connectivity index (χ3v) is 3.97. The van der Waals surface area contributed by atoms with E-state index in [9.17, 15) is 0 Å². The molecule has 0 atom stereocenters. The molecule has 0 radical (unpaired) electrons. The standard InChI is InChI=1S/C19H24N4OS/c1-14(16-7-9-17(10-8-16)23(2)3)21-22-19(25)20-13-15-5-11-18(24-4)12-6-15/h5-12H,13H2,1-4H3,(H2,20,22,25)/b21-14-. The number of anilines is 1. The molecule has 0 bridgehead atoms. The summed E-state index contributed by atoms with van der Waals surface area (Å²) in [6, 6.07) is 16.1. The van der Waals surface area contributed by atoms with Crippen molar-refractivity contribution in [2.75, 3.05) is 26.1 Å². The first kappa shape index (κ1) is 18.7. The van der Waals surface area contributed by atoms with Crippen LogP contribution in [0.5, 0.6) is 5.75 Å². The van der Waals surface area contributed by atoms with Crippen molar-refractivity contribution in [1.82, 2.24) is 10.7 Å². The second-order valence-electron chi connectivity index (χ2n) is 5.78. The lowest BCUT2D eigenvalue weighted by atomic mass is 10.1. The van der Waals surface area contributed by atoms with Gasteiger partial charge in [0.05, 0.1) is 12.8 Å². The Bertz CT molecular complexity index is 724. The fraction of sp³-hybridized carbons (Fsp3) is 0.263. The van der Waals surface area contributed by atoms with Crippen molar-refractivity contribution in [3.63, 3.8) is 0 Å². The minimum absolute atomic E-state index is 0.486. The number of methoxy groups -OCH3 is 1. The Labute approximate surface area is 154 Å². The Morgan fingerprint density at radius 1 is 1.08 bits per heavy atom. The molecule has 0 unspecified atom stereocenters. The summed E-state index contributed by atoms with van der Waals surface area (Å²) in [5.41, 5.74) is 7.08. The number of hydrogen-bond acceptors (Lipinski definition) is 4. The van der Waals surface area contributed by atoms with Crippen molar-refractivity contribution in [3.8, 4) is 5.75 Å². The SMILES string of the molecule is COc1ccc(CNC(=S)N/N=C(/C)c2ccc(N(C)C)cc2)cc1. The molecule has 0 heterocycles. The van der Waals surface area contributed by atoms with E-state index in [1.54, 1.807) is 7.11 Å². The molecular formula is C19H24N4OS. The Kier molecular flexibility index (Phi) is 6.77. The van der Waals surface area contributed by atoms with E-state index in [0.717, 1.165) is 28.3 Å². The Morgan fingerprint density at radius 3 is 2.28 bits per heavy atom. The van der Waals surface area contributed by atoms with Crippen molar-refractivity contribution < 1.29 is 4.74 Å². The topological polar surface area (TPSA) is 48.9 Å². The van der Waals surface area contributed by atoms with Crippen LogP contribution in [0.1, 0.15) is 18.1 Å². The molecule has 0 amide bonds. The number of hydrazone groups is 1. The molecule has 25 heavy (non-hydrogen) atoms. The molecular weight excluding hydrogens is 332 g/mol. The van der Waals surface area contributed by atoms with E-state index in [1.165, 1.54) is 0 Å². The van der Waals surface area contributed by atoms with E-state index in [4.69, 9.17) is 17.0 Å². The molecule has 0 aliphatic carbocycles. The lowest BCUT2D eigenvalue weighted by molar-refractivity contribution is 0.414. The molecule has 0 spiro atoms. The molecule has 5 nitrogen and oxygen atoms in total. The van der Waals surface area contributed by atoms with Gasteiger partial charge < -0.3 is 15.0 Å². The van der Waals surface area contributed by atoms with Gasteiger partial charge in [-0.25, -0.2) is 0 Å². The number of rotatable bonds is 6. The third-order valence-electron chi connectivity index (χ3n) is 3.74. The molecule has 0 saturated heterocycles. The van der Waals surface area contributed by atoms with Gasteiger partial charge in [0, 0.05) is 26.3 Å². The van der Waals surface area contributed by atoms with Crippen LogP contribution in [0.3, 0.4) is 0 Å². The summed E-state index contributed by atoms with van der Waals surface area (Å²) in [5, 5.41) is 7.96. The summed E-state index contributed by atoms with van der Waals surface area (Å²) in [6.07, 6.45) is 0. The van der Waals surface area contributed by atoms with Crippen molar-refractivity contribution in [3.05, 3.63) is 59.7 Å². The Balaban J connectivity index is 1.85. The molecule has 2 aromatic carbocycles. The highest BCUT2D eigenvalue weighted by molar-refractivity contribution is 7.80. The zero-order valence-corrected chi connectivity index (χ0v) is 15.9. The molecule has 6 heteroatoms. The Hall–Kier alpha value is -2.60. The van der Waals surface area contributed by atoms with Gasteiger partial charge in [-0.05, 0) is 54.5 Å². The highest BCUT2D eigenvalue weighted by atomic mass is 32.1. The van der Waals surface area contributed by atoms with Crippen LogP contribution in [-0.4, -0.2) is 32.0 Å². The summed E-state index contributed by atoms with van der Waals surface area (Å²) < 4.78 is 5.14. The molecule has 0 fully saturated rings. The van der Waals surface area contributed by atoms with Gasteiger partial charge in [-0.15, -0.1) is 0 Å². The smallest absolute Gasteiger partial charge is 0.187 e. The van der Waals surface area contributed by atoms with Crippen molar-refractivity contribution >= 4 is 28.7 Å². The van der Waals surface area contributed by atoms with Crippen LogP contribution in [0.4, 0.5) is 5.69 Å². The maximum Gasteiger partial charge on any atom is 0.187 e. The summed E-state index contributed by atoms with van der Waals surface area (Å²) in [4.78, 5) is 2.06. The summed E-state index contributed by atoms with van der Waals surface area (Å²) in [6.45, 7) is 2.58. The number of hydrogen-bond donors (Lipinski definition) is 2. The van der Waals surface area contributed by atoms with E-state index >= 15 is 0 Å². The zero-order valence-electron chi connectivity index (χ0n) is 15.0. The number of benzene rings is 2. The van der Waals surface area contributed by atoms with Crippen LogP contribution in [0, 0.1) is 0 Å². The molecule has 0 aromatic heterocycles. The first-order valence-corrected chi connectivity index (χ1v) is 8.39. The maximum absolute atomic E-state index is 5.26. The zero-order chi connectivity index (χ0) is 18.2. The predicted molar refractivity (Wildman–Crippen MR) is 109 cm³/mol. The third kappa shape index (κ3) is 5.76. The van der Waals surface area contributed by atoms with Crippen LogP contribution in [0.15, 0.2) is 53.6 Å². The van der Waals surface area contributed by atoms with Gasteiger partial charge in [-0.2, -0.15) is 5.10 Å². The maximum atomic E-state index is 5.26. The average molecular weight is 356 g/mol. The predicted octanol–water partition coefficient (Wildman–Crippen LogP) is 3.15. The first-order chi connectivity index (χ1) is 12.0. The van der Waals surface area contributed by atoms with Gasteiger partial charge in [0.15, 0.2) is 5.11 Å². The van der Waals surface area contributed by atoms with Crippen LogP contribution in [0.25, 0.3) is 0 Å². The van der Waals surface area contributed by atoms with Gasteiger partial charge in [0.1, 0.15) is 5.75 Å². The molecule has 2 aromatic rings. The van der Waals surface area contributed by atoms with Crippen molar-refractivity contribution in [2.24, 2.45) is 5.10 Å². The lowest BCUT2D eigenvalue weighted by Crippen LogP contribution is -2.32. The highest BCUT2D eigenvalue weighted by Gasteiger charge is 2.01. The van der Waals surface area contributed by atoms with Gasteiger partial charge in [-0.1, -0.05) is 24.3 Å². The summed E-state index contributed by atoms with van der Waals surface area (Å²) >= 11 is 5.26. The van der Waals surface area contributed by atoms with Gasteiger partial charge in [0.2, 0.25) is 0 Å². The lowest BCUT2D eigenvalue weighted by Gasteiger charge is -2.13.